The van der Waals surface area contributed by atoms with Gasteiger partial charge in [-0.2, -0.15) is 4.99 Å². The van der Waals surface area contributed by atoms with Crippen LogP contribution in [-0.4, -0.2) is 61.5 Å². The van der Waals surface area contributed by atoms with Crippen molar-refractivity contribution in [3.8, 4) is 0 Å². The Labute approximate surface area is 93.7 Å². The number of hydrogen-bond acceptors (Lipinski definition) is 3. The van der Waals surface area contributed by atoms with Crippen molar-refractivity contribution in [2.75, 3.05) is 34.4 Å². The predicted molar refractivity (Wildman–Crippen MR) is 62.3 cm³/mol. The summed E-state index contributed by atoms with van der Waals surface area (Å²) in [5.74, 6) is 0. The van der Waals surface area contributed by atoms with Crippen LogP contribution in [0.2, 0.25) is 0 Å². The first-order chi connectivity index (χ1) is 6.88. The molecule has 0 atom stereocenters. The zero-order valence-corrected chi connectivity index (χ0v) is 10.4. The molecular formula is C8H16N4O2S. The molecule has 0 radical (unpaired) electrons. The molecule has 86 valence electrons. The van der Waals surface area contributed by atoms with Crippen LogP contribution in [0.4, 0.5) is 9.59 Å². The van der Waals surface area contributed by atoms with Crippen molar-refractivity contribution in [2.24, 2.45) is 4.99 Å². The summed E-state index contributed by atoms with van der Waals surface area (Å²) in [7, 11) is 6.41. The highest BCUT2D eigenvalue weighted by atomic mass is 32.2. The van der Waals surface area contributed by atoms with Crippen LogP contribution in [0.1, 0.15) is 0 Å². The monoisotopic (exact) mass is 232 g/mol. The number of thioether (sulfide) groups is 1. The van der Waals surface area contributed by atoms with E-state index < -0.39 is 6.03 Å². The molecule has 0 bridgehead atoms. The maximum atomic E-state index is 11.3. The molecule has 0 fully saturated rings. The summed E-state index contributed by atoms with van der Waals surface area (Å²) in [5, 5.41) is 2.79. The second-order valence-electron chi connectivity index (χ2n) is 3.12. The Morgan fingerprint density at radius 3 is 2.00 bits per heavy atom. The molecule has 15 heavy (non-hydrogen) atoms. The summed E-state index contributed by atoms with van der Waals surface area (Å²) in [5.41, 5.74) is 0. The third-order valence-electron chi connectivity index (χ3n) is 1.39. The van der Waals surface area contributed by atoms with Crippen LogP contribution in [-0.2, 0) is 0 Å². The van der Waals surface area contributed by atoms with Gasteiger partial charge in [-0.1, -0.05) is 11.8 Å². The third-order valence-corrected chi connectivity index (χ3v) is 1.97. The molecule has 0 aromatic heterocycles. The topological polar surface area (TPSA) is 65.0 Å². The molecule has 0 unspecified atom stereocenters. The maximum Gasteiger partial charge on any atom is 0.345 e. The van der Waals surface area contributed by atoms with Crippen molar-refractivity contribution in [3.05, 3.63) is 0 Å². The number of aliphatic imine (C=N–C) groups is 1. The summed E-state index contributed by atoms with van der Waals surface area (Å²) in [4.78, 5) is 28.9. The smallest absolute Gasteiger partial charge is 0.331 e. The highest BCUT2D eigenvalue weighted by molar-refractivity contribution is 8.13. The van der Waals surface area contributed by atoms with Gasteiger partial charge in [0.25, 0.3) is 0 Å². The van der Waals surface area contributed by atoms with Crippen LogP contribution >= 0.6 is 11.8 Å². The number of carbonyl (C=O) groups excluding carboxylic acids is 2. The molecule has 6 nitrogen and oxygen atoms in total. The molecule has 4 amide bonds. The van der Waals surface area contributed by atoms with Gasteiger partial charge in [-0.25, -0.2) is 9.59 Å². The minimum Gasteiger partial charge on any atom is -0.331 e. The quantitative estimate of drug-likeness (QED) is 0.493. The summed E-state index contributed by atoms with van der Waals surface area (Å²) in [6.07, 6.45) is 1.73. The van der Waals surface area contributed by atoms with Gasteiger partial charge >= 0.3 is 12.1 Å². The van der Waals surface area contributed by atoms with Crippen LogP contribution < -0.4 is 5.32 Å². The fourth-order valence-corrected chi connectivity index (χ4v) is 0.874. The van der Waals surface area contributed by atoms with E-state index in [0.717, 1.165) is 0 Å². The average molecular weight is 232 g/mol. The Balaban J connectivity index is 4.50. The van der Waals surface area contributed by atoms with Gasteiger partial charge in [0.05, 0.1) is 0 Å². The average Bonchev–Trinajstić information content (AvgIpc) is 2.15. The standard InChI is InChI=1S/C8H16N4O2S/c1-11(2)7(13)9-6(15-5)10-8(14)12(3)4/h1-5H3,(H,9,10,13,14). The fraction of sp³-hybridized carbons (Fsp3) is 0.625. The first-order valence-electron chi connectivity index (χ1n) is 4.20. The number of hydrogen-bond donors (Lipinski definition) is 1. The van der Waals surface area contributed by atoms with Crippen LogP contribution in [0.5, 0.6) is 0 Å². The molecule has 0 aliphatic carbocycles. The lowest BCUT2D eigenvalue weighted by molar-refractivity contribution is 0.222. The van der Waals surface area contributed by atoms with E-state index in [-0.39, 0.29) is 11.2 Å². The van der Waals surface area contributed by atoms with E-state index in [1.54, 1.807) is 34.4 Å². The highest BCUT2D eigenvalue weighted by Gasteiger charge is 2.09. The normalized spacial score (nSPS) is 10.9. The van der Waals surface area contributed by atoms with E-state index in [1.165, 1.54) is 21.6 Å². The number of rotatable bonds is 0. The van der Waals surface area contributed by atoms with Crippen molar-refractivity contribution in [2.45, 2.75) is 0 Å². The minimum absolute atomic E-state index is 0.285. The summed E-state index contributed by atoms with van der Waals surface area (Å²) in [6.45, 7) is 0. The van der Waals surface area contributed by atoms with E-state index >= 15 is 0 Å². The molecule has 0 heterocycles. The number of nitrogens with one attached hydrogen (secondary N) is 1. The third kappa shape index (κ3) is 5.26. The zero-order valence-electron chi connectivity index (χ0n) is 9.57. The van der Waals surface area contributed by atoms with Gasteiger partial charge in [0.1, 0.15) is 0 Å². The first kappa shape index (κ1) is 13.8. The first-order valence-corrected chi connectivity index (χ1v) is 5.43. The summed E-state index contributed by atoms with van der Waals surface area (Å²) >= 11 is 1.21. The molecule has 0 rings (SSSR count). The Kier molecular flexibility index (Phi) is 5.76. The van der Waals surface area contributed by atoms with Crippen molar-refractivity contribution in [1.29, 1.82) is 0 Å². The molecule has 7 heteroatoms. The van der Waals surface area contributed by atoms with Crippen molar-refractivity contribution in [1.82, 2.24) is 15.1 Å². The van der Waals surface area contributed by atoms with Gasteiger partial charge in [-0.15, -0.1) is 0 Å². The largest absolute Gasteiger partial charge is 0.345 e. The Bertz CT molecular complexity index is 276. The second kappa shape index (κ2) is 6.28. The number of urea groups is 2. The summed E-state index contributed by atoms with van der Waals surface area (Å²) in [6, 6.07) is -0.715. The van der Waals surface area contributed by atoms with Crippen LogP contribution in [0.3, 0.4) is 0 Å². The van der Waals surface area contributed by atoms with Crippen LogP contribution in [0.25, 0.3) is 0 Å². The van der Waals surface area contributed by atoms with Gasteiger partial charge in [0.2, 0.25) is 0 Å². The number of nitrogens with zero attached hydrogens (tertiary/aromatic N) is 3. The van der Waals surface area contributed by atoms with Gasteiger partial charge in [-0.3, -0.25) is 5.32 Å². The Morgan fingerprint density at radius 2 is 1.67 bits per heavy atom. The van der Waals surface area contributed by atoms with Crippen molar-refractivity contribution < 1.29 is 9.59 Å². The van der Waals surface area contributed by atoms with Crippen molar-refractivity contribution in [3.63, 3.8) is 0 Å². The van der Waals surface area contributed by atoms with Gasteiger partial charge in [-0.05, 0) is 6.26 Å². The number of carbonyl (C=O) groups is 2. The predicted octanol–water partition coefficient (Wildman–Crippen LogP) is 0.658. The lowest BCUT2D eigenvalue weighted by Gasteiger charge is -2.13. The summed E-state index contributed by atoms with van der Waals surface area (Å²) < 4.78 is 0. The minimum atomic E-state index is -0.404. The van der Waals surface area contributed by atoms with Gasteiger partial charge in [0, 0.05) is 28.2 Å². The fourth-order valence-electron chi connectivity index (χ4n) is 0.515. The number of amidine groups is 1. The number of amides is 4. The Morgan fingerprint density at radius 1 is 1.13 bits per heavy atom. The Hall–Kier alpha value is -1.24. The molecular weight excluding hydrogens is 216 g/mol. The molecule has 0 aliphatic heterocycles. The second-order valence-corrected chi connectivity index (χ2v) is 3.92. The molecule has 0 aromatic rings. The molecule has 0 aliphatic rings. The van der Waals surface area contributed by atoms with Crippen LogP contribution in [0, 0.1) is 0 Å². The maximum absolute atomic E-state index is 11.3. The SMILES string of the molecule is CSC(=NC(=O)N(C)C)NC(=O)N(C)C. The highest BCUT2D eigenvalue weighted by Crippen LogP contribution is 1.98. The van der Waals surface area contributed by atoms with E-state index in [9.17, 15) is 9.59 Å². The van der Waals surface area contributed by atoms with E-state index in [1.807, 2.05) is 0 Å². The van der Waals surface area contributed by atoms with Crippen molar-refractivity contribution >= 4 is 29.0 Å². The molecule has 0 saturated heterocycles. The van der Waals surface area contributed by atoms with Crippen LogP contribution in [0.15, 0.2) is 4.99 Å². The van der Waals surface area contributed by atoms with E-state index in [2.05, 4.69) is 10.3 Å². The lowest BCUT2D eigenvalue weighted by atomic mass is 10.8. The van der Waals surface area contributed by atoms with E-state index in [4.69, 9.17) is 0 Å². The zero-order chi connectivity index (χ0) is 12.0. The van der Waals surface area contributed by atoms with Gasteiger partial charge in [0.15, 0.2) is 5.17 Å². The van der Waals surface area contributed by atoms with Gasteiger partial charge < -0.3 is 9.80 Å². The molecule has 0 spiro atoms. The van der Waals surface area contributed by atoms with E-state index in [0.29, 0.717) is 0 Å². The molecule has 1 N–H and O–H groups in total. The lowest BCUT2D eigenvalue weighted by Crippen LogP contribution is -2.38. The molecule has 0 saturated carbocycles. The molecule has 0 aromatic carbocycles.